The molecule has 128 valence electrons. The number of aliphatic carboxylic acids is 1. The van der Waals surface area contributed by atoms with Gasteiger partial charge in [-0.05, 0) is 31.4 Å². The van der Waals surface area contributed by atoms with Crippen molar-refractivity contribution in [3.05, 3.63) is 36.0 Å². The summed E-state index contributed by atoms with van der Waals surface area (Å²) in [6, 6.07) is 6.67. The zero-order chi connectivity index (χ0) is 17.5. The summed E-state index contributed by atoms with van der Waals surface area (Å²) >= 11 is 0. The lowest BCUT2D eigenvalue weighted by molar-refractivity contribution is -0.142. The third-order valence-electron chi connectivity index (χ3n) is 4.72. The van der Waals surface area contributed by atoms with Gasteiger partial charge >= 0.3 is 5.97 Å². The molecule has 0 amide bonds. The molecule has 2 unspecified atom stereocenters. The molecule has 24 heavy (non-hydrogen) atoms. The number of hydrogen-bond acceptors (Lipinski definition) is 4. The SMILES string of the molecule is CCC1C(C(=O)O)CCN1S(=O)(=O)c1c(C)ccc2cccnc12. The van der Waals surface area contributed by atoms with E-state index in [1.54, 1.807) is 25.3 Å². The lowest BCUT2D eigenvalue weighted by Gasteiger charge is -2.26. The number of carbonyl (C=O) groups is 1. The van der Waals surface area contributed by atoms with E-state index < -0.39 is 28.0 Å². The summed E-state index contributed by atoms with van der Waals surface area (Å²) in [4.78, 5) is 15.9. The van der Waals surface area contributed by atoms with Crippen molar-refractivity contribution in [2.75, 3.05) is 6.54 Å². The highest BCUT2D eigenvalue weighted by atomic mass is 32.2. The first-order valence-corrected chi connectivity index (χ1v) is 9.41. The number of rotatable bonds is 4. The van der Waals surface area contributed by atoms with Crippen molar-refractivity contribution in [1.82, 2.24) is 9.29 Å². The van der Waals surface area contributed by atoms with Crippen LogP contribution in [-0.4, -0.2) is 41.4 Å². The molecule has 0 spiro atoms. The lowest BCUT2D eigenvalue weighted by Crippen LogP contribution is -2.39. The summed E-state index contributed by atoms with van der Waals surface area (Å²) in [6.45, 7) is 3.79. The van der Waals surface area contributed by atoms with Crippen LogP contribution < -0.4 is 0 Å². The Morgan fingerprint density at radius 2 is 2.12 bits per heavy atom. The average molecular weight is 348 g/mol. The molecule has 1 fully saturated rings. The Morgan fingerprint density at radius 1 is 1.38 bits per heavy atom. The predicted octanol–water partition coefficient (Wildman–Crippen LogP) is 2.42. The molecule has 0 saturated carbocycles. The van der Waals surface area contributed by atoms with E-state index in [1.807, 2.05) is 19.1 Å². The Kier molecular flexibility index (Phi) is 4.31. The number of benzene rings is 1. The molecule has 2 atom stereocenters. The molecule has 1 saturated heterocycles. The Morgan fingerprint density at radius 3 is 2.79 bits per heavy atom. The molecule has 1 N–H and O–H groups in total. The van der Waals surface area contributed by atoms with Gasteiger partial charge < -0.3 is 5.11 Å². The molecule has 0 radical (unpaired) electrons. The van der Waals surface area contributed by atoms with E-state index in [2.05, 4.69) is 4.98 Å². The fraction of sp³-hybridized carbons (Fsp3) is 0.412. The van der Waals surface area contributed by atoms with Crippen LogP contribution in [0.4, 0.5) is 0 Å². The van der Waals surface area contributed by atoms with Gasteiger partial charge in [0.1, 0.15) is 4.90 Å². The lowest BCUT2D eigenvalue weighted by atomic mass is 9.99. The van der Waals surface area contributed by atoms with E-state index in [1.165, 1.54) is 4.31 Å². The first-order chi connectivity index (χ1) is 11.4. The number of aryl methyl sites for hydroxylation is 1. The Balaban J connectivity index is 2.16. The van der Waals surface area contributed by atoms with E-state index in [4.69, 9.17) is 0 Å². The van der Waals surface area contributed by atoms with Gasteiger partial charge in [-0.3, -0.25) is 9.78 Å². The quantitative estimate of drug-likeness (QED) is 0.917. The minimum Gasteiger partial charge on any atom is -0.481 e. The van der Waals surface area contributed by atoms with Gasteiger partial charge in [0, 0.05) is 24.2 Å². The van der Waals surface area contributed by atoms with Gasteiger partial charge in [0.2, 0.25) is 10.0 Å². The summed E-state index contributed by atoms with van der Waals surface area (Å²) < 4.78 is 27.9. The molecule has 1 aliphatic rings. The average Bonchev–Trinajstić information content (AvgIpc) is 2.99. The van der Waals surface area contributed by atoms with E-state index in [0.29, 0.717) is 23.9 Å². The largest absolute Gasteiger partial charge is 0.481 e. The molecule has 0 aliphatic carbocycles. The van der Waals surface area contributed by atoms with Gasteiger partial charge in [0.25, 0.3) is 0 Å². The van der Waals surface area contributed by atoms with Crippen LogP contribution in [-0.2, 0) is 14.8 Å². The van der Waals surface area contributed by atoms with Crippen molar-refractivity contribution in [2.45, 2.75) is 37.6 Å². The second-order valence-corrected chi connectivity index (χ2v) is 7.94. The number of carboxylic acids is 1. The molecule has 6 nitrogen and oxygen atoms in total. The Hall–Kier alpha value is -1.99. The van der Waals surface area contributed by atoms with Crippen LogP contribution in [0.3, 0.4) is 0 Å². The van der Waals surface area contributed by atoms with Gasteiger partial charge in [0.05, 0.1) is 11.4 Å². The van der Waals surface area contributed by atoms with E-state index in [-0.39, 0.29) is 11.4 Å². The summed E-state index contributed by atoms with van der Waals surface area (Å²) in [5, 5.41) is 10.1. The third-order valence-corrected chi connectivity index (χ3v) is 6.82. The van der Waals surface area contributed by atoms with Crippen molar-refractivity contribution < 1.29 is 18.3 Å². The summed E-state index contributed by atoms with van der Waals surface area (Å²) in [6.07, 6.45) is 2.37. The molecular formula is C17H20N2O4S. The smallest absolute Gasteiger partial charge is 0.308 e. The zero-order valence-electron chi connectivity index (χ0n) is 13.6. The molecule has 3 rings (SSSR count). The summed E-state index contributed by atoms with van der Waals surface area (Å²) in [7, 11) is -3.82. The van der Waals surface area contributed by atoms with Crippen molar-refractivity contribution in [2.24, 2.45) is 5.92 Å². The first kappa shape index (κ1) is 16.9. The topological polar surface area (TPSA) is 87.6 Å². The maximum Gasteiger partial charge on any atom is 0.308 e. The van der Waals surface area contributed by atoms with Crippen LogP contribution in [0, 0.1) is 12.8 Å². The predicted molar refractivity (Wildman–Crippen MR) is 90.2 cm³/mol. The van der Waals surface area contributed by atoms with Crippen LogP contribution in [0.5, 0.6) is 0 Å². The summed E-state index contributed by atoms with van der Waals surface area (Å²) in [5.41, 5.74) is 1.06. The molecular weight excluding hydrogens is 328 g/mol. The number of carboxylic acid groups (broad SMARTS) is 1. The van der Waals surface area contributed by atoms with Gasteiger partial charge in [-0.1, -0.05) is 25.1 Å². The number of fused-ring (bicyclic) bond motifs is 1. The number of nitrogens with zero attached hydrogens (tertiary/aromatic N) is 2. The van der Waals surface area contributed by atoms with E-state index in [0.717, 1.165) is 5.39 Å². The Bertz CT molecular complexity index is 895. The van der Waals surface area contributed by atoms with Gasteiger partial charge in [0.15, 0.2) is 0 Å². The monoisotopic (exact) mass is 348 g/mol. The second kappa shape index (κ2) is 6.14. The minimum absolute atomic E-state index is 0.185. The molecule has 1 aromatic heterocycles. The highest BCUT2D eigenvalue weighted by Gasteiger charge is 2.44. The molecule has 2 aromatic rings. The van der Waals surface area contributed by atoms with Crippen LogP contribution in [0.15, 0.2) is 35.4 Å². The van der Waals surface area contributed by atoms with Crippen molar-refractivity contribution >= 4 is 26.9 Å². The highest BCUT2D eigenvalue weighted by Crippen LogP contribution is 2.35. The van der Waals surface area contributed by atoms with E-state index in [9.17, 15) is 18.3 Å². The molecule has 2 heterocycles. The maximum absolute atomic E-state index is 13.3. The van der Waals surface area contributed by atoms with Crippen molar-refractivity contribution in [3.8, 4) is 0 Å². The fourth-order valence-electron chi connectivity index (χ4n) is 3.56. The van der Waals surface area contributed by atoms with Crippen molar-refractivity contribution in [1.29, 1.82) is 0 Å². The first-order valence-electron chi connectivity index (χ1n) is 7.97. The summed E-state index contributed by atoms with van der Waals surface area (Å²) in [5.74, 6) is -1.60. The van der Waals surface area contributed by atoms with Crippen LogP contribution in [0.25, 0.3) is 10.9 Å². The number of hydrogen-bond donors (Lipinski definition) is 1. The normalized spacial score (nSPS) is 22.1. The molecule has 1 aromatic carbocycles. The molecule has 7 heteroatoms. The second-order valence-electron chi connectivity index (χ2n) is 6.11. The molecule has 0 bridgehead atoms. The van der Waals surface area contributed by atoms with E-state index >= 15 is 0 Å². The highest BCUT2D eigenvalue weighted by molar-refractivity contribution is 7.89. The number of pyridine rings is 1. The van der Waals surface area contributed by atoms with Gasteiger partial charge in [-0.15, -0.1) is 0 Å². The van der Waals surface area contributed by atoms with Crippen LogP contribution in [0.1, 0.15) is 25.3 Å². The van der Waals surface area contributed by atoms with Gasteiger partial charge in [-0.2, -0.15) is 4.31 Å². The van der Waals surface area contributed by atoms with Gasteiger partial charge in [-0.25, -0.2) is 8.42 Å². The van der Waals surface area contributed by atoms with Crippen LogP contribution in [0.2, 0.25) is 0 Å². The molecule has 1 aliphatic heterocycles. The number of sulfonamides is 1. The van der Waals surface area contributed by atoms with Crippen LogP contribution >= 0.6 is 0 Å². The number of aromatic nitrogens is 1. The maximum atomic E-state index is 13.3. The minimum atomic E-state index is -3.82. The van der Waals surface area contributed by atoms with Crippen molar-refractivity contribution in [3.63, 3.8) is 0 Å². The zero-order valence-corrected chi connectivity index (χ0v) is 14.5. The fourth-order valence-corrected chi connectivity index (χ4v) is 5.68. The Labute approximate surface area is 141 Å². The standard InChI is InChI=1S/C17H20N2O4S/c1-3-14-13(17(20)21)8-10-19(14)24(22,23)16-11(2)6-7-12-5-4-9-18-15(12)16/h4-7,9,13-14H,3,8,10H2,1-2H3,(H,20,21). The third kappa shape index (κ3) is 2.57.